The lowest BCUT2D eigenvalue weighted by Crippen LogP contribution is -3.12. The number of halogens is 1. The molecule has 5 heteroatoms. The Morgan fingerprint density at radius 1 is 1.35 bits per heavy atom. The van der Waals surface area contributed by atoms with Crippen LogP contribution >= 0.6 is 0 Å². The molecule has 0 aliphatic carbocycles. The number of rotatable bonds is 5. The normalized spacial score (nSPS) is 13.8. The van der Waals surface area contributed by atoms with Gasteiger partial charge in [-0.3, -0.25) is 4.79 Å². The Balaban J connectivity index is 1.92. The number of amides is 1. The zero-order valence-corrected chi connectivity index (χ0v) is 11.5. The molecule has 1 amide bonds. The van der Waals surface area contributed by atoms with Crippen molar-refractivity contribution in [3.05, 3.63) is 54.2 Å². The molecule has 106 valence electrons. The molecule has 2 rings (SSSR count). The van der Waals surface area contributed by atoms with Crippen LogP contribution in [0, 0.1) is 5.82 Å². The summed E-state index contributed by atoms with van der Waals surface area (Å²) >= 11 is 0. The van der Waals surface area contributed by atoms with Crippen LogP contribution in [0.1, 0.15) is 12.7 Å². The van der Waals surface area contributed by atoms with Gasteiger partial charge in [-0.1, -0.05) is 0 Å². The Bertz CT molecular complexity index is 552. The zero-order chi connectivity index (χ0) is 14.5. The SMILES string of the molecule is C[C@H](C(=O)Nc1ccc(F)cc1)[NH+](C)Cc1ccco1. The van der Waals surface area contributed by atoms with Crippen LogP contribution in [0.3, 0.4) is 0 Å². The minimum atomic E-state index is -0.323. The van der Waals surface area contributed by atoms with Crippen LogP contribution in [0.4, 0.5) is 10.1 Å². The summed E-state index contributed by atoms with van der Waals surface area (Å²) in [4.78, 5) is 13.1. The van der Waals surface area contributed by atoms with Crippen LogP contribution in [0.15, 0.2) is 47.1 Å². The topological polar surface area (TPSA) is 46.7 Å². The molecular weight excluding hydrogens is 259 g/mol. The third-order valence-electron chi connectivity index (χ3n) is 3.28. The van der Waals surface area contributed by atoms with Crippen molar-refractivity contribution in [3.63, 3.8) is 0 Å². The first-order chi connectivity index (χ1) is 9.56. The van der Waals surface area contributed by atoms with Gasteiger partial charge >= 0.3 is 0 Å². The van der Waals surface area contributed by atoms with E-state index in [1.165, 1.54) is 12.1 Å². The summed E-state index contributed by atoms with van der Waals surface area (Å²) in [5, 5.41) is 2.77. The maximum Gasteiger partial charge on any atom is 0.282 e. The maximum absolute atomic E-state index is 12.8. The van der Waals surface area contributed by atoms with Gasteiger partial charge in [0.05, 0.1) is 13.3 Å². The van der Waals surface area contributed by atoms with E-state index in [0.29, 0.717) is 12.2 Å². The summed E-state index contributed by atoms with van der Waals surface area (Å²) in [5.74, 6) is 0.404. The van der Waals surface area contributed by atoms with Gasteiger partial charge in [0, 0.05) is 5.69 Å². The van der Waals surface area contributed by atoms with E-state index in [0.717, 1.165) is 10.7 Å². The van der Waals surface area contributed by atoms with E-state index in [1.807, 2.05) is 26.1 Å². The Hall–Kier alpha value is -2.14. The average molecular weight is 277 g/mol. The Kier molecular flexibility index (Phi) is 4.53. The van der Waals surface area contributed by atoms with E-state index >= 15 is 0 Å². The average Bonchev–Trinajstić information content (AvgIpc) is 2.93. The molecule has 2 N–H and O–H groups in total. The molecule has 4 nitrogen and oxygen atoms in total. The van der Waals surface area contributed by atoms with Crippen molar-refractivity contribution in [3.8, 4) is 0 Å². The molecule has 1 heterocycles. The van der Waals surface area contributed by atoms with E-state index in [1.54, 1.807) is 18.4 Å². The number of hydrogen-bond acceptors (Lipinski definition) is 2. The van der Waals surface area contributed by atoms with E-state index in [9.17, 15) is 9.18 Å². The zero-order valence-electron chi connectivity index (χ0n) is 11.5. The highest BCUT2D eigenvalue weighted by Gasteiger charge is 2.22. The van der Waals surface area contributed by atoms with Crippen molar-refractivity contribution in [1.29, 1.82) is 0 Å². The van der Waals surface area contributed by atoms with Crippen molar-refractivity contribution in [2.75, 3.05) is 12.4 Å². The van der Waals surface area contributed by atoms with Crippen LogP contribution in [0.2, 0.25) is 0 Å². The van der Waals surface area contributed by atoms with Gasteiger partial charge in [-0.05, 0) is 43.3 Å². The van der Waals surface area contributed by atoms with Crippen LogP contribution < -0.4 is 10.2 Å². The summed E-state index contributed by atoms with van der Waals surface area (Å²) < 4.78 is 18.1. The lowest BCUT2D eigenvalue weighted by Gasteiger charge is -2.20. The summed E-state index contributed by atoms with van der Waals surface area (Å²) in [6, 6.07) is 9.19. The molecule has 2 atom stereocenters. The highest BCUT2D eigenvalue weighted by molar-refractivity contribution is 5.93. The highest BCUT2D eigenvalue weighted by Crippen LogP contribution is 2.08. The first-order valence-corrected chi connectivity index (χ1v) is 6.47. The van der Waals surface area contributed by atoms with Crippen LogP contribution in [0.5, 0.6) is 0 Å². The second-order valence-electron chi connectivity index (χ2n) is 4.82. The second kappa shape index (κ2) is 6.34. The number of carbonyl (C=O) groups excluding carboxylic acids is 1. The lowest BCUT2D eigenvalue weighted by atomic mass is 10.2. The Labute approximate surface area is 117 Å². The molecule has 0 spiro atoms. The molecule has 0 aliphatic heterocycles. The molecule has 0 fully saturated rings. The van der Waals surface area contributed by atoms with Gasteiger partial charge in [0.2, 0.25) is 0 Å². The minimum Gasteiger partial charge on any atom is -0.463 e. The maximum atomic E-state index is 12.8. The number of furan rings is 1. The number of anilines is 1. The first-order valence-electron chi connectivity index (χ1n) is 6.47. The molecule has 1 unspecified atom stereocenters. The van der Waals surface area contributed by atoms with Crippen molar-refractivity contribution in [2.45, 2.75) is 19.5 Å². The van der Waals surface area contributed by atoms with Crippen molar-refractivity contribution in [2.24, 2.45) is 0 Å². The molecule has 0 saturated carbocycles. The van der Waals surface area contributed by atoms with Gasteiger partial charge in [-0.25, -0.2) is 4.39 Å². The third kappa shape index (κ3) is 3.68. The molecular formula is C15H18FN2O2+. The monoisotopic (exact) mass is 277 g/mol. The highest BCUT2D eigenvalue weighted by atomic mass is 19.1. The van der Waals surface area contributed by atoms with Gasteiger partial charge in [-0.15, -0.1) is 0 Å². The Morgan fingerprint density at radius 2 is 2.05 bits per heavy atom. The van der Waals surface area contributed by atoms with Crippen molar-refractivity contribution >= 4 is 11.6 Å². The summed E-state index contributed by atoms with van der Waals surface area (Å²) in [6.45, 7) is 2.47. The van der Waals surface area contributed by atoms with Gasteiger partial charge < -0.3 is 14.6 Å². The molecule has 1 aromatic heterocycles. The fourth-order valence-electron chi connectivity index (χ4n) is 1.85. The molecule has 0 aliphatic rings. The number of nitrogens with one attached hydrogen (secondary N) is 2. The molecule has 0 bridgehead atoms. The van der Waals surface area contributed by atoms with E-state index < -0.39 is 0 Å². The second-order valence-corrected chi connectivity index (χ2v) is 4.82. The van der Waals surface area contributed by atoms with Gasteiger partial charge in [0.25, 0.3) is 5.91 Å². The summed E-state index contributed by atoms with van der Waals surface area (Å²) in [7, 11) is 1.93. The quantitative estimate of drug-likeness (QED) is 0.869. The minimum absolute atomic E-state index is 0.110. The van der Waals surface area contributed by atoms with E-state index in [2.05, 4.69) is 5.32 Å². The predicted octanol–water partition coefficient (Wildman–Crippen LogP) is 1.46. The molecule has 1 aromatic carbocycles. The third-order valence-corrected chi connectivity index (χ3v) is 3.28. The molecule has 20 heavy (non-hydrogen) atoms. The number of quaternary nitrogens is 1. The summed E-state index contributed by atoms with van der Waals surface area (Å²) in [6.07, 6.45) is 1.62. The van der Waals surface area contributed by atoms with Gasteiger partial charge in [0.15, 0.2) is 11.8 Å². The predicted molar refractivity (Wildman–Crippen MR) is 73.8 cm³/mol. The fraction of sp³-hybridized carbons (Fsp3) is 0.267. The Morgan fingerprint density at radius 3 is 2.65 bits per heavy atom. The van der Waals surface area contributed by atoms with Crippen LogP contribution in [-0.4, -0.2) is 19.0 Å². The van der Waals surface area contributed by atoms with Crippen LogP contribution in [-0.2, 0) is 11.3 Å². The molecule has 2 aromatic rings. The van der Waals surface area contributed by atoms with E-state index in [4.69, 9.17) is 4.42 Å². The van der Waals surface area contributed by atoms with Gasteiger partial charge in [-0.2, -0.15) is 0 Å². The first kappa shape index (κ1) is 14.3. The number of carbonyl (C=O) groups is 1. The number of hydrogen-bond donors (Lipinski definition) is 2. The largest absolute Gasteiger partial charge is 0.463 e. The van der Waals surface area contributed by atoms with Gasteiger partial charge in [0.1, 0.15) is 12.4 Å². The molecule has 0 saturated heterocycles. The van der Waals surface area contributed by atoms with Crippen molar-refractivity contribution < 1.29 is 18.5 Å². The number of likely N-dealkylation sites (N-methyl/N-ethyl adjacent to an activating group) is 1. The fourth-order valence-corrected chi connectivity index (χ4v) is 1.85. The van der Waals surface area contributed by atoms with Crippen LogP contribution in [0.25, 0.3) is 0 Å². The van der Waals surface area contributed by atoms with Crippen molar-refractivity contribution in [1.82, 2.24) is 0 Å². The lowest BCUT2D eigenvalue weighted by molar-refractivity contribution is -0.908. The number of benzene rings is 1. The smallest absolute Gasteiger partial charge is 0.282 e. The van der Waals surface area contributed by atoms with E-state index in [-0.39, 0.29) is 17.8 Å². The summed E-state index contributed by atoms with van der Waals surface area (Å²) in [5.41, 5.74) is 0.592. The standard InChI is InChI=1S/C15H17FN2O2/c1-11(18(2)10-14-4-3-9-20-14)15(19)17-13-7-5-12(16)6-8-13/h3-9,11H,10H2,1-2H3,(H,17,19)/p+1/t11-/m1/s1. The molecule has 0 radical (unpaired) electrons.